The standard InChI is InChI=1S/C23H24ClFN4O2S/c1-23(2,3)22(31)29-21(26-13-16-10-11-17(24)32-16)19(25)20(27-29)14-6-8-15(9-7-14)28-12-4-5-18(28)30/h6-11,26H,4-5,12-13H2,1-3H3. The van der Waals surface area contributed by atoms with E-state index in [2.05, 4.69) is 10.4 Å². The highest BCUT2D eigenvalue weighted by molar-refractivity contribution is 7.16. The summed E-state index contributed by atoms with van der Waals surface area (Å²) in [6.07, 6.45) is 1.37. The van der Waals surface area contributed by atoms with Crippen LogP contribution in [0.25, 0.3) is 11.3 Å². The van der Waals surface area contributed by atoms with Crippen LogP contribution in [0.15, 0.2) is 36.4 Å². The molecule has 1 aliphatic rings. The molecule has 3 aromatic rings. The van der Waals surface area contributed by atoms with Gasteiger partial charge in [-0.3, -0.25) is 9.59 Å². The Morgan fingerprint density at radius 3 is 2.50 bits per heavy atom. The molecule has 1 aliphatic heterocycles. The minimum Gasteiger partial charge on any atom is -0.363 e. The lowest BCUT2D eigenvalue weighted by atomic mass is 9.96. The van der Waals surface area contributed by atoms with Crippen molar-refractivity contribution in [3.63, 3.8) is 0 Å². The molecule has 0 unspecified atom stereocenters. The second-order valence-electron chi connectivity index (χ2n) is 8.73. The molecule has 0 atom stereocenters. The number of hydrogen-bond acceptors (Lipinski definition) is 5. The molecule has 3 heterocycles. The SMILES string of the molecule is CC(C)(C)C(=O)n1nc(-c2ccc(N3CCCC3=O)cc2)c(F)c1NCc1ccc(Cl)s1. The summed E-state index contributed by atoms with van der Waals surface area (Å²) in [5.41, 5.74) is 0.627. The number of aromatic nitrogens is 2. The molecule has 9 heteroatoms. The maximum absolute atomic E-state index is 15.5. The molecule has 0 spiro atoms. The smallest absolute Gasteiger partial charge is 0.254 e. The Bertz CT molecular complexity index is 1160. The molecule has 4 rings (SSSR count). The average molecular weight is 475 g/mol. The van der Waals surface area contributed by atoms with E-state index < -0.39 is 11.2 Å². The van der Waals surface area contributed by atoms with Crippen molar-refractivity contribution in [2.24, 2.45) is 5.41 Å². The van der Waals surface area contributed by atoms with Gasteiger partial charge in [0, 0.05) is 34.5 Å². The van der Waals surface area contributed by atoms with Crippen LogP contribution in [0.4, 0.5) is 15.9 Å². The van der Waals surface area contributed by atoms with Crippen molar-refractivity contribution < 1.29 is 14.0 Å². The van der Waals surface area contributed by atoms with Gasteiger partial charge < -0.3 is 10.2 Å². The minimum atomic E-state index is -0.752. The Hall–Kier alpha value is -2.71. The van der Waals surface area contributed by atoms with Crippen LogP contribution in [0.3, 0.4) is 0 Å². The number of thiophene rings is 1. The van der Waals surface area contributed by atoms with Crippen LogP contribution in [-0.2, 0) is 11.3 Å². The summed E-state index contributed by atoms with van der Waals surface area (Å²) in [5, 5.41) is 7.35. The fourth-order valence-electron chi connectivity index (χ4n) is 3.54. The predicted octanol–water partition coefficient (Wildman–Crippen LogP) is 5.83. The summed E-state index contributed by atoms with van der Waals surface area (Å²) in [4.78, 5) is 27.6. The Labute approximate surface area is 195 Å². The predicted molar refractivity (Wildman–Crippen MR) is 126 cm³/mol. The number of nitrogens with zero attached hydrogens (tertiary/aromatic N) is 3. The number of amides is 1. The molecule has 1 N–H and O–H groups in total. The van der Waals surface area contributed by atoms with E-state index in [0.29, 0.717) is 29.4 Å². The molecule has 2 aromatic heterocycles. The molecule has 168 valence electrons. The number of hydrogen-bond donors (Lipinski definition) is 1. The summed E-state index contributed by atoms with van der Waals surface area (Å²) in [6.45, 7) is 6.28. The number of anilines is 2. The first-order valence-electron chi connectivity index (χ1n) is 10.4. The van der Waals surface area contributed by atoms with Crippen LogP contribution >= 0.6 is 22.9 Å². The van der Waals surface area contributed by atoms with Gasteiger partial charge in [0.1, 0.15) is 5.69 Å². The number of rotatable bonds is 5. The van der Waals surface area contributed by atoms with E-state index in [-0.39, 0.29) is 23.3 Å². The van der Waals surface area contributed by atoms with Gasteiger partial charge in [-0.1, -0.05) is 44.5 Å². The normalized spacial score (nSPS) is 14.3. The highest BCUT2D eigenvalue weighted by atomic mass is 35.5. The van der Waals surface area contributed by atoms with E-state index in [1.807, 2.05) is 6.07 Å². The first kappa shape index (κ1) is 22.5. The molecule has 1 fully saturated rings. The van der Waals surface area contributed by atoms with Gasteiger partial charge in [-0.15, -0.1) is 11.3 Å². The zero-order chi connectivity index (χ0) is 23.0. The Kier molecular flexibility index (Phi) is 6.09. The van der Waals surface area contributed by atoms with Crippen LogP contribution < -0.4 is 10.2 Å². The summed E-state index contributed by atoms with van der Waals surface area (Å²) in [7, 11) is 0. The number of carbonyl (C=O) groups is 2. The maximum atomic E-state index is 15.5. The molecule has 32 heavy (non-hydrogen) atoms. The van der Waals surface area contributed by atoms with Crippen molar-refractivity contribution in [2.45, 2.75) is 40.2 Å². The number of nitrogens with one attached hydrogen (secondary N) is 1. The van der Waals surface area contributed by atoms with Gasteiger partial charge >= 0.3 is 0 Å². The minimum absolute atomic E-state index is 0.0169. The Morgan fingerprint density at radius 2 is 1.94 bits per heavy atom. The molecular formula is C23H24ClFN4O2S. The monoisotopic (exact) mass is 474 g/mol. The highest BCUT2D eigenvalue weighted by Gasteiger charge is 2.30. The van der Waals surface area contributed by atoms with E-state index in [0.717, 1.165) is 21.7 Å². The Balaban J connectivity index is 1.68. The number of carbonyl (C=O) groups excluding carboxylic acids is 2. The lowest BCUT2D eigenvalue weighted by molar-refractivity contribution is -0.117. The fourth-order valence-corrected chi connectivity index (χ4v) is 4.57. The molecule has 1 aromatic carbocycles. The maximum Gasteiger partial charge on any atom is 0.254 e. The average Bonchev–Trinajstić information content (AvgIpc) is 3.44. The van der Waals surface area contributed by atoms with Crippen LogP contribution in [0.5, 0.6) is 0 Å². The third-order valence-electron chi connectivity index (χ3n) is 5.25. The molecular weight excluding hydrogens is 451 g/mol. The zero-order valence-electron chi connectivity index (χ0n) is 18.1. The number of benzene rings is 1. The van der Waals surface area contributed by atoms with Crippen LogP contribution in [0.2, 0.25) is 4.34 Å². The second kappa shape index (κ2) is 8.67. The summed E-state index contributed by atoms with van der Waals surface area (Å²) in [6, 6.07) is 10.6. The molecule has 6 nitrogen and oxygen atoms in total. The van der Waals surface area contributed by atoms with Gasteiger partial charge in [-0.2, -0.15) is 9.78 Å². The van der Waals surface area contributed by atoms with Crippen molar-refractivity contribution in [3.8, 4) is 11.3 Å². The van der Waals surface area contributed by atoms with E-state index in [1.54, 1.807) is 56.0 Å². The lowest BCUT2D eigenvalue weighted by Gasteiger charge is -2.18. The first-order valence-corrected chi connectivity index (χ1v) is 11.6. The summed E-state index contributed by atoms with van der Waals surface area (Å²) < 4.78 is 17.3. The fraction of sp³-hybridized carbons (Fsp3) is 0.348. The van der Waals surface area contributed by atoms with Gasteiger partial charge in [0.25, 0.3) is 5.91 Å². The van der Waals surface area contributed by atoms with Crippen LogP contribution in [0.1, 0.15) is 43.3 Å². The quantitative estimate of drug-likeness (QED) is 0.505. The van der Waals surface area contributed by atoms with E-state index >= 15 is 4.39 Å². The van der Waals surface area contributed by atoms with Crippen LogP contribution in [0, 0.1) is 11.2 Å². The zero-order valence-corrected chi connectivity index (χ0v) is 19.7. The van der Waals surface area contributed by atoms with E-state index in [4.69, 9.17) is 11.6 Å². The molecule has 1 saturated heterocycles. The molecule has 0 aliphatic carbocycles. The van der Waals surface area contributed by atoms with Gasteiger partial charge in [0.05, 0.1) is 10.9 Å². The third kappa shape index (κ3) is 4.42. The van der Waals surface area contributed by atoms with E-state index in [1.165, 1.54) is 11.3 Å². The van der Waals surface area contributed by atoms with Gasteiger partial charge in [-0.05, 0) is 30.7 Å². The molecule has 0 radical (unpaired) electrons. The summed E-state index contributed by atoms with van der Waals surface area (Å²) >= 11 is 7.37. The van der Waals surface area contributed by atoms with E-state index in [9.17, 15) is 9.59 Å². The summed E-state index contributed by atoms with van der Waals surface area (Å²) in [5.74, 6) is -0.823. The van der Waals surface area contributed by atoms with Crippen molar-refractivity contribution in [1.82, 2.24) is 9.78 Å². The molecule has 0 bridgehead atoms. The van der Waals surface area contributed by atoms with Crippen molar-refractivity contribution >= 4 is 46.3 Å². The highest BCUT2D eigenvalue weighted by Crippen LogP contribution is 2.32. The van der Waals surface area contributed by atoms with Gasteiger partial charge in [0.2, 0.25) is 5.91 Å². The lowest BCUT2D eigenvalue weighted by Crippen LogP contribution is -2.29. The second-order valence-corrected chi connectivity index (χ2v) is 10.5. The molecule has 1 amide bonds. The van der Waals surface area contributed by atoms with Crippen molar-refractivity contribution in [3.05, 3.63) is 51.4 Å². The third-order valence-corrected chi connectivity index (χ3v) is 6.48. The van der Waals surface area contributed by atoms with Gasteiger partial charge in [0.15, 0.2) is 11.6 Å². The molecule has 0 saturated carbocycles. The Morgan fingerprint density at radius 1 is 1.22 bits per heavy atom. The largest absolute Gasteiger partial charge is 0.363 e. The van der Waals surface area contributed by atoms with Crippen molar-refractivity contribution in [2.75, 3.05) is 16.8 Å². The first-order chi connectivity index (χ1) is 15.1. The van der Waals surface area contributed by atoms with Crippen molar-refractivity contribution in [1.29, 1.82) is 0 Å². The number of halogens is 2. The van der Waals surface area contributed by atoms with Crippen LogP contribution in [-0.4, -0.2) is 28.1 Å². The topological polar surface area (TPSA) is 67.2 Å². The van der Waals surface area contributed by atoms with Gasteiger partial charge in [-0.25, -0.2) is 4.39 Å².